The Hall–Kier alpha value is -6.67. The predicted octanol–water partition coefficient (Wildman–Crippen LogP) is 8.75. The molecule has 4 N–H and O–H groups in total. The summed E-state index contributed by atoms with van der Waals surface area (Å²) in [6.45, 7) is 4.90. The number of amides is 4. The lowest BCUT2D eigenvalue weighted by molar-refractivity contribution is -0.135. The minimum absolute atomic E-state index is 0.111. The quantitative estimate of drug-likeness (QED) is 0.100. The second-order valence-electron chi connectivity index (χ2n) is 16.0. The van der Waals surface area contributed by atoms with Crippen LogP contribution in [0.25, 0.3) is 44.4 Å². The van der Waals surface area contributed by atoms with Crippen molar-refractivity contribution in [2.45, 2.75) is 63.7 Å². The predicted molar refractivity (Wildman–Crippen MR) is 236 cm³/mol. The number of aromatic nitrogens is 4. The summed E-state index contributed by atoms with van der Waals surface area (Å²) >= 11 is 6.47. The molecule has 0 unspecified atom stereocenters. The highest BCUT2D eigenvalue weighted by Gasteiger charge is 2.39. The fourth-order valence-electron chi connectivity index (χ4n) is 8.57. The van der Waals surface area contributed by atoms with Gasteiger partial charge in [0.2, 0.25) is 5.91 Å². The summed E-state index contributed by atoms with van der Waals surface area (Å²) in [5.74, 6) is 0.853. The number of halogens is 1. The Bertz CT molecular complexity index is 2610. The second kappa shape index (κ2) is 18.1. The van der Waals surface area contributed by atoms with Crippen molar-refractivity contribution in [3.63, 3.8) is 0 Å². The maximum absolute atomic E-state index is 14.0. The number of alkyl carbamates (subject to hydrolysis) is 2. The van der Waals surface area contributed by atoms with Crippen molar-refractivity contribution in [2.24, 2.45) is 5.92 Å². The summed E-state index contributed by atoms with van der Waals surface area (Å²) in [6.07, 6.45) is 5.38. The first-order chi connectivity index (χ1) is 30.0. The van der Waals surface area contributed by atoms with Crippen LogP contribution in [0.15, 0.2) is 97.3 Å². The van der Waals surface area contributed by atoms with Crippen LogP contribution in [0.4, 0.5) is 9.59 Å². The number of imidazole rings is 2. The van der Waals surface area contributed by atoms with E-state index in [9.17, 15) is 19.2 Å². The molecule has 2 saturated heterocycles. The highest BCUT2D eigenvalue weighted by Crippen LogP contribution is 2.37. The van der Waals surface area contributed by atoms with Gasteiger partial charge in [0.05, 0.1) is 50.1 Å². The van der Waals surface area contributed by atoms with E-state index in [1.807, 2.05) is 24.9 Å². The molecule has 2 aliphatic heterocycles. The number of fused-ring (bicyclic) bond motifs is 1. The van der Waals surface area contributed by atoms with Crippen molar-refractivity contribution in [3.05, 3.63) is 120 Å². The molecule has 0 aliphatic carbocycles. The van der Waals surface area contributed by atoms with Gasteiger partial charge in [0.25, 0.3) is 5.91 Å². The fraction of sp³-hybridized carbons (Fsp3) is 0.319. The molecular formula is C47H49ClN8O6. The summed E-state index contributed by atoms with van der Waals surface area (Å²) in [5, 5.41) is 7.92. The van der Waals surface area contributed by atoms with Crippen LogP contribution in [0.3, 0.4) is 0 Å². The lowest BCUT2D eigenvalue weighted by Gasteiger charge is -2.30. The molecule has 4 heterocycles. The number of hydrogen-bond acceptors (Lipinski definition) is 8. The minimum atomic E-state index is -1.02. The zero-order valence-electron chi connectivity index (χ0n) is 35.0. The summed E-state index contributed by atoms with van der Waals surface area (Å²) < 4.78 is 9.60. The van der Waals surface area contributed by atoms with Crippen molar-refractivity contribution >= 4 is 46.4 Å². The summed E-state index contributed by atoms with van der Waals surface area (Å²) in [4.78, 5) is 71.8. The molecule has 0 bridgehead atoms. The van der Waals surface area contributed by atoms with Gasteiger partial charge < -0.3 is 39.9 Å². The van der Waals surface area contributed by atoms with Gasteiger partial charge in [-0.05, 0) is 77.3 Å². The number of nitrogens with one attached hydrogen (secondary N) is 4. The minimum Gasteiger partial charge on any atom is -0.453 e. The van der Waals surface area contributed by atoms with Crippen molar-refractivity contribution in [1.82, 2.24) is 40.4 Å². The Labute approximate surface area is 364 Å². The second-order valence-corrected chi connectivity index (χ2v) is 16.5. The van der Waals surface area contributed by atoms with Crippen molar-refractivity contribution < 1.29 is 28.7 Å². The fourth-order valence-corrected chi connectivity index (χ4v) is 8.82. The number of likely N-dealkylation sites (tertiary alicyclic amines) is 2. The molecule has 4 atom stereocenters. The maximum Gasteiger partial charge on any atom is 0.407 e. The number of methoxy groups -OCH3 is 2. The maximum atomic E-state index is 14.0. The Kier molecular flexibility index (Phi) is 12.3. The largest absolute Gasteiger partial charge is 0.453 e. The van der Waals surface area contributed by atoms with Gasteiger partial charge in [-0.3, -0.25) is 9.59 Å². The zero-order chi connectivity index (χ0) is 43.5. The van der Waals surface area contributed by atoms with Gasteiger partial charge in [0.1, 0.15) is 23.7 Å². The van der Waals surface area contributed by atoms with E-state index in [2.05, 4.69) is 81.3 Å². The van der Waals surface area contributed by atoms with Gasteiger partial charge in [-0.1, -0.05) is 92.2 Å². The van der Waals surface area contributed by atoms with E-state index in [0.717, 1.165) is 75.9 Å². The van der Waals surface area contributed by atoms with Crippen LogP contribution < -0.4 is 10.6 Å². The van der Waals surface area contributed by atoms with E-state index < -0.39 is 24.3 Å². The summed E-state index contributed by atoms with van der Waals surface area (Å²) in [7, 11) is 2.55. The lowest BCUT2D eigenvalue weighted by Crippen LogP contribution is -2.51. The molecule has 0 radical (unpaired) electrons. The van der Waals surface area contributed by atoms with E-state index in [-0.39, 0.29) is 29.8 Å². The molecule has 320 valence electrons. The van der Waals surface area contributed by atoms with E-state index in [1.165, 1.54) is 14.2 Å². The average molecular weight is 857 g/mol. The topological polar surface area (TPSA) is 175 Å². The lowest BCUT2D eigenvalue weighted by atomic mass is 9.98. The smallest absolute Gasteiger partial charge is 0.407 e. The Morgan fingerprint density at radius 1 is 0.677 bits per heavy atom. The van der Waals surface area contributed by atoms with Crippen LogP contribution in [0.5, 0.6) is 0 Å². The number of benzene rings is 4. The Balaban J connectivity index is 0.946. The zero-order valence-corrected chi connectivity index (χ0v) is 35.7. The molecular weight excluding hydrogens is 808 g/mol. The SMILES string of the molecule is COC(=O)N[C@H](C(=O)N1CCC[C@H]1c1ncc(-c2ccc(-c3ccc4cc(-c5cnc([C@@H]6CCCN6C(=O)[C@@H](NC(=O)OC)C(C)C)[nH]5)ccc4c3)cc2)[nH]1)c1ccccc1Cl. The van der Waals surface area contributed by atoms with Gasteiger partial charge in [0, 0.05) is 29.2 Å². The molecule has 6 aromatic rings. The van der Waals surface area contributed by atoms with Crippen LogP contribution in [0.1, 0.15) is 74.9 Å². The third kappa shape index (κ3) is 8.60. The molecule has 4 amide bonds. The molecule has 4 aromatic carbocycles. The van der Waals surface area contributed by atoms with Crippen LogP contribution in [-0.2, 0) is 19.1 Å². The number of carbonyl (C=O) groups is 4. The van der Waals surface area contributed by atoms with Gasteiger partial charge >= 0.3 is 12.2 Å². The monoisotopic (exact) mass is 856 g/mol. The van der Waals surface area contributed by atoms with Crippen molar-refractivity contribution in [3.8, 4) is 33.6 Å². The molecule has 62 heavy (non-hydrogen) atoms. The van der Waals surface area contributed by atoms with Crippen molar-refractivity contribution in [1.29, 1.82) is 0 Å². The third-order valence-corrected chi connectivity index (χ3v) is 12.2. The Morgan fingerprint density at radius 2 is 1.19 bits per heavy atom. The number of hydrogen-bond donors (Lipinski definition) is 4. The van der Waals surface area contributed by atoms with E-state index in [1.54, 1.807) is 35.4 Å². The third-order valence-electron chi connectivity index (χ3n) is 11.9. The average Bonchev–Trinajstić information content (AvgIpc) is 4.14. The van der Waals surface area contributed by atoms with Gasteiger partial charge in [-0.2, -0.15) is 0 Å². The number of ether oxygens (including phenoxy) is 2. The number of rotatable bonds is 11. The summed E-state index contributed by atoms with van der Waals surface area (Å²) in [5.41, 5.74) is 6.26. The molecule has 0 saturated carbocycles. The molecule has 2 aromatic heterocycles. The van der Waals surface area contributed by atoms with Gasteiger partial charge in [-0.25, -0.2) is 19.6 Å². The molecule has 15 heteroatoms. The van der Waals surface area contributed by atoms with E-state index >= 15 is 0 Å². The number of carbonyl (C=O) groups excluding carboxylic acids is 4. The molecule has 14 nitrogen and oxygen atoms in total. The Morgan fingerprint density at radius 3 is 1.79 bits per heavy atom. The highest BCUT2D eigenvalue weighted by molar-refractivity contribution is 6.31. The molecule has 0 spiro atoms. The summed E-state index contributed by atoms with van der Waals surface area (Å²) in [6, 6.07) is 25.7. The van der Waals surface area contributed by atoms with Crippen LogP contribution in [-0.4, -0.2) is 87.1 Å². The first-order valence-corrected chi connectivity index (χ1v) is 21.2. The first kappa shape index (κ1) is 42.0. The normalized spacial score (nSPS) is 17.3. The van der Waals surface area contributed by atoms with E-state index in [4.69, 9.17) is 31.0 Å². The van der Waals surface area contributed by atoms with Crippen molar-refractivity contribution in [2.75, 3.05) is 27.3 Å². The van der Waals surface area contributed by atoms with E-state index in [0.29, 0.717) is 29.5 Å². The standard InChI is InChI=1S/C47H49ClN8O6/c1-27(2)40(53-46(59)61-3)44(57)55-21-7-11-38(55)43-50-26-37(52-43)33-20-19-31-23-30(17-18-32(31)24-33)28-13-15-29(16-14-28)36-25-49-42(51-36)39-12-8-22-56(39)45(58)41(54-47(60)62-4)34-9-5-6-10-35(34)48/h5-6,9-10,13-20,23-27,38-41H,7-8,11-12,21-22H2,1-4H3,(H,49,51)(H,50,52)(H,53,59)(H,54,60)/t38-,39-,40-,41-/m0/s1. The number of aromatic amines is 2. The van der Waals surface area contributed by atoms with Crippen LogP contribution in [0.2, 0.25) is 5.02 Å². The molecule has 2 aliphatic rings. The molecule has 2 fully saturated rings. The van der Waals surface area contributed by atoms with Gasteiger partial charge in [0.15, 0.2) is 0 Å². The molecule has 8 rings (SSSR count). The first-order valence-electron chi connectivity index (χ1n) is 20.8. The van der Waals surface area contributed by atoms with Gasteiger partial charge in [-0.15, -0.1) is 0 Å². The number of nitrogens with zero attached hydrogens (tertiary/aromatic N) is 4. The van der Waals surface area contributed by atoms with Crippen LogP contribution in [0, 0.1) is 5.92 Å². The number of H-pyrrole nitrogens is 2. The van der Waals surface area contributed by atoms with Crippen LogP contribution >= 0.6 is 11.6 Å². The highest BCUT2D eigenvalue weighted by atomic mass is 35.5.